The Bertz CT molecular complexity index is 856. The first kappa shape index (κ1) is 18.9. The molecule has 2 aliphatic rings. The van der Waals surface area contributed by atoms with Gasteiger partial charge in [0.2, 0.25) is 5.91 Å². The smallest absolute Gasteiger partial charge is 0.322 e. The number of urea groups is 1. The zero-order valence-electron chi connectivity index (χ0n) is 16.0. The van der Waals surface area contributed by atoms with E-state index in [1.165, 1.54) is 0 Å². The van der Waals surface area contributed by atoms with E-state index in [-0.39, 0.29) is 24.5 Å². The third-order valence-corrected chi connectivity index (χ3v) is 5.59. The molecule has 0 saturated heterocycles. The Kier molecular flexibility index (Phi) is 5.31. The van der Waals surface area contributed by atoms with Crippen molar-refractivity contribution in [3.05, 3.63) is 53.3 Å². The lowest BCUT2D eigenvalue weighted by Crippen LogP contribution is -2.46. The predicted octanol–water partition coefficient (Wildman–Crippen LogP) is 3.87. The van der Waals surface area contributed by atoms with Gasteiger partial charge in [0, 0.05) is 41.7 Å². The van der Waals surface area contributed by atoms with Gasteiger partial charge in [-0.3, -0.25) is 4.79 Å². The van der Waals surface area contributed by atoms with E-state index in [4.69, 9.17) is 11.6 Å². The highest BCUT2D eigenvalue weighted by Crippen LogP contribution is 2.31. The number of nitrogens with one attached hydrogen (secondary N) is 1. The molecule has 6 nitrogen and oxygen atoms in total. The molecule has 2 fully saturated rings. The summed E-state index contributed by atoms with van der Waals surface area (Å²) in [5, 5.41) is 3.51. The van der Waals surface area contributed by atoms with Gasteiger partial charge >= 0.3 is 6.03 Å². The highest BCUT2D eigenvalue weighted by Gasteiger charge is 2.38. The summed E-state index contributed by atoms with van der Waals surface area (Å²) >= 11 is 5.90. The second kappa shape index (κ2) is 7.87. The van der Waals surface area contributed by atoms with Gasteiger partial charge in [-0.25, -0.2) is 4.79 Å². The summed E-state index contributed by atoms with van der Waals surface area (Å²) < 4.78 is 2.04. The zero-order valence-corrected chi connectivity index (χ0v) is 16.7. The molecule has 1 aromatic heterocycles. The minimum Gasteiger partial charge on any atom is -0.353 e. The zero-order chi connectivity index (χ0) is 19.7. The van der Waals surface area contributed by atoms with Crippen LogP contribution in [0, 0.1) is 0 Å². The van der Waals surface area contributed by atoms with Gasteiger partial charge in [0.05, 0.1) is 6.54 Å². The van der Waals surface area contributed by atoms with Crippen LogP contribution in [0.4, 0.5) is 10.5 Å². The van der Waals surface area contributed by atoms with E-state index in [1.807, 2.05) is 34.8 Å². The van der Waals surface area contributed by atoms with Gasteiger partial charge in [-0.15, -0.1) is 0 Å². The third kappa shape index (κ3) is 4.50. The molecular weight excluding hydrogens is 376 g/mol. The minimum absolute atomic E-state index is 0.0156. The first-order chi connectivity index (χ1) is 13.5. The normalized spacial score (nSPS) is 15.9. The molecule has 2 saturated carbocycles. The summed E-state index contributed by atoms with van der Waals surface area (Å²) in [5.74, 6) is 0.0156. The van der Waals surface area contributed by atoms with Crippen molar-refractivity contribution in [2.75, 3.05) is 11.9 Å². The van der Waals surface area contributed by atoms with Gasteiger partial charge in [-0.05, 0) is 62.1 Å². The Hall–Kier alpha value is -2.47. The molecule has 2 aromatic rings. The van der Waals surface area contributed by atoms with E-state index in [1.54, 1.807) is 29.2 Å². The molecule has 4 rings (SSSR count). The lowest BCUT2D eigenvalue weighted by molar-refractivity contribution is -0.133. The van der Waals surface area contributed by atoms with Crippen molar-refractivity contribution in [2.24, 2.45) is 7.05 Å². The number of carbonyl (C=O) groups is 2. The minimum atomic E-state index is -0.229. The molecule has 2 aliphatic carbocycles. The Balaban J connectivity index is 1.42. The molecule has 0 spiro atoms. The van der Waals surface area contributed by atoms with Crippen molar-refractivity contribution in [1.82, 2.24) is 14.4 Å². The summed E-state index contributed by atoms with van der Waals surface area (Å²) in [6, 6.07) is 11.2. The number of aromatic nitrogens is 1. The summed E-state index contributed by atoms with van der Waals surface area (Å²) in [6.45, 7) is 0.704. The largest absolute Gasteiger partial charge is 0.353 e. The Morgan fingerprint density at radius 2 is 1.71 bits per heavy atom. The van der Waals surface area contributed by atoms with Gasteiger partial charge < -0.3 is 19.7 Å². The monoisotopic (exact) mass is 400 g/mol. The number of benzene rings is 1. The van der Waals surface area contributed by atoms with Crippen LogP contribution in [0.1, 0.15) is 31.4 Å². The van der Waals surface area contributed by atoms with E-state index in [9.17, 15) is 9.59 Å². The van der Waals surface area contributed by atoms with Crippen molar-refractivity contribution in [3.8, 4) is 0 Å². The number of carbonyl (C=O) groups excluding carboxylic acids is 2. The van der Waals surface area contributed by atoms with E-state index in [2.05, 4.69) is 5.32 Å². The SMILES string of the molecule is Cn1cccc1CN(C(=O)CN(C(=O)Nc1ccc(Cl)cc1)C1CC1)C1CC1. The fourth-order valence-corrected chi connectivity index (χ4v) is 3.49. The molecule has 0 aliphatic heterocycles. The molecule has 0 atom stereocenters. The second-order valence-corrected chi connectivity index (χ2v) is 8.10. The van der Waals surface area contributed by atoms with E-state index < -0.39 is 0 Å². The van der Waals surface area contributed by atoms with Crippen LogP contribution in [0.15, 0.2) is 42.6 Å². The van der Waals surface area contributed by atoms with Crippen LogP contribution in [0.25, 0.3) is 0 Å². The second-order valence-electron chi connectivity index (χ2n) is 7.66. The first-order valence-electron chi connectivity index (χ1n) is 9.74. The average molecular weight is 401 g/mol. The number of anilines is 1. The van der Waals surface area contributed by atoms with Crippen molar-refractivity contribution in [1.29, 1.82) is 0 Å². The summed E-state index contributed by atoms with van der Waals surface area (Å²) in [4.78, 5) is 29.5. The highest BCUT2D eigenvalue weighted by molar-refractivity contribution is 6.30. The Morgan fingerprint density at radius 3 is 2.29 bits per heavy atom. The fourth-order valence-electron chi connectivity index (χ4n) is 3.36. The number of halogens is 1. The molecule has 1 N–H and O–H groups in total. The van der Waals surface area contributed by atoms with Gasteiger partial charge in [-0.1, -0.05) is 11.6 Å². The Labute approximate surface area is 170 Å². The maximum Gasteiger partial charge on any atom is 0.322 e. The molecule has 3 amide bonds. The summed E-state index contributed by atoms with van der Waals surface area (Å²) in [5.41, 5.74) is 1.78. The molecule has 7 heteroatoms. The van der Waals surface area contributed by atoms with Crippen molar-refractivity contribution < 1.29 is 9.59 Å². The lowest BCUT2D eigenvalue weighted by Gasteiger charge is -2.28. The van der Waals surface area contributed by atoms with Gasteiger partial charge in [0.15, 0.2) is 0 Å². The molecule has 148 valence electrons. The maximum absolute atomic E-state index is 13.1. The van der Waals surface area contributed by atoms with Gasteiger partial charge in [-0.2, -0.15) is 0 Å². The molecule has 0 bridgehead atoms. The quantitative estimate of drug-likeness (QED) is 0.767. The van der Waals surface area contributed by atoms with E-state index in [0.29, 0.717) is 23.3 Å². The topological polar surface area (TPSA) is 57.6 Å². The molecule has 1 aromatic carbocycles. The lowest BCUT2D eigenvalue weighted by atomic mass is 10.3. The fraction of sp³-hybridized carbons (Fsp3) is 0.429. The van der Waals surface area contributed by atoms with Crippen LogP contribution in [0.5, 0.6) is 0 Å². The molecule has 0 unspecified atom stereocenters. The highest BCUT2D eigenvalue weighted by atomic mass is 35.5. The summed E-state index contributed by atoms with van der Waals surface area (Å²) in [7, 11) is 1.99. The number of aryl methyl sites for hydroxylation is 1. The maximum atomic E-state index is 13.1. The van der Waals surface area contributed by atoms with Crippen molar-refractivity contribution in [2.45, 2.75) is 44.3 Å². The number of hydrogen-bond acceptors (Lipinski definition) is 2. The molecular formula is C21H25ClN4O2. The van der Waals surface area contributed by atoms with Gasteiger partial charge in [0.25, 0.3) is 0 Å². The van der Waals surface area contributed by atoms with E-state index in [0.717, 1.165) is 31.4 Å². The van der Waals surface area contributed by atoms with Crippen LogP contribution in [-0.2, 0) is 18.4 Å². The number of rotatable bonds is 7. The van der Waals surface area contributed by atoms with Gasteiger partial charge in [0.1, 0.15) is 6.54 Å². The third-order valence-electron chi connectivity index (χ3n) is 5.34. The van der Waals surface area contributed by atoms with Crippen molar-refractivity contribution >= 4 is 29.2 Å². The van der Waals surface area contributed by atoms with Crippen LogP contribution < -0.4 is 5.32 Å². The van der Waals surface area contributed by atoms with Crippen LogP contribution in [0.2, 0.25) is 5.02 Å². The van der Waals surface area contributed by atoms with E-state index >= 15 is 0 Å². The molecule has 0 radical (unpaired) electrons. The number of amides is 3. The van der Waals surface area contributed by atoms with Crippen LogP contribution in [-0.4, -0.2) is 44.9 Å². The average Bonchev–Trinajstić information content (AvgIpc) is 3.59. The van der Waals surface area contributed by atoms with Crippen LogP contribution in [0.3, 0.4) is 0 Å². The first-order valence-corrected chi connectivity index (χ1v) is 10.1. The predicted molar refractivity (Wildman–Crippen MR) is 109 cm³/mol. The van der Waals surface area contributed by atoms with Crippen molar-refractivity contribution in [3.63, 3.8) is 0 Å². The number of nitrogens with zero attached hydrogens (tertiary/aromatic N) is 3. The number of hydrogen-bond donors (Lipinski definition) is 1. The van der Waals surface area contributed by atoms with Crippen LogP contribution >= 0.6 is 11.6 Å². The Morgan fingerprint density at radius 1 is 1.07 bits per heavy atom. The molecule has 1 heterocycles. The summed E-state index contributed by atoms with van der Waals surface area (Å²) in [6.07, 6.45) is 5.96. The molecule has 28 heavy (non-hydrogen) atoms. The standard InChI is InChI=1S/C21H25ClN4O2/c1-24-12-2-3-19(24)13-25(17-8-9-17)20(27)14-26(18-10-11-18)21(28)23-16-6-4-15(22)5-7-16/h2-7,12,17-18H,8-11,13-14H2,1H3,(H,23,28).